The Kier molecular flexibility index (Phi) is 7.66. The van der Waals surface area contributed by atoms with Gasteiger partial charge in [0, 0.05) is 18.4 Å². The maximum absolute atomic E-state index is 8.93. The van der Waals surface area contributed by atoms with E-state index in [1.807, 2.05) is 11.8 Å². The third kappa shape index (κ3) is 7.20. The normalized spacial score (nSPS) is 16.4. The van der Waals surface area contributed by atoms with Crippen LogP contribution < -0.4 is 5.32 Å². The molecule has 0 rings (SSSR count). The van der Waals surface area contributed by atoms with Crippen LogP contribution >= 0.6 is 11.8 Å². The van der Waals surface area contributed by atoms with Crippen LogP contribution in [0.5, 0.6) is 0 Å². The van der Waals surface area contributed by atoms with Gasteiger partial charge in [-0.05, 0) is 23.6 Å². The summed E-state index contributed by atoms with van der Waals surface area (Å²) in [6.45, 7) is 12.4. The molecule has 0 aromatic heterocycles. The Bertz CT molecular complexity index is 156. The van der Waals surface area contributed by atoms with E-state index >= 15 is 0 Å². The molecule has 0 heterocycles. The van der Waals surface area contributed by atoms with E-state index in [-0.39, 0.29) is 0 Å². The topological polar surface area (TPSA) is 32.3 Å². The number of aliphatic hydroxyl groups is 1. The molecule has 0 bridgehead atoms. The second kappa shape index (κ2) is 7.53. The molecule has 0 aliphatic rings. The summed E-state index contributed by atoms with van der Waals surface area (Å²) in [5.74, 6) is 2.59. The highest BCUT2D eigenvalue weighted by Gasteiger charge is 2.23. The number of rotatable bonds is 7. The average Bonchev–Trinajstić information content (AvgIpc) is 2.14. The SMILES string of the molecule is CCNC(CSCC(C)CO)C(C)(C)C. The molecule has 0 saturated carbocycles. The highest BCUT2D eigenvalue weighted by molar-refractivity contribution is 7.99. The molecule has 0 saturated heterocycles. The van der Waals surface area contributed by atoms with Gasteiger partial charge in [0.1, 0.15) is 0 Å². The molecule has 2 atom stereocenters. The highest BCUT2D eigenvalue weighted by atomic mass is 32.2. The smallest absolute Gasteiger partial charge is 0.0464 e. The van der Waals surface area contributed by atoms with E-state index in [1.165, 1.54) is 0 Å². The van der Waals surface area contributed by atoms with Gasteiger partial charge in [0.25, 0.3) is 0 Å². The van der Waals surface area contributed by atoms with Gasteiger partial charge in [-0.1, -0.05) is 34.6 Å². The van der Waals surface area contributed by atoms with Crippen molar-refractivity contribution in [3.05, 3.63) is 0 Å². The van der Waals surface area contributed by atoms with Gasteiger partial charge in [-0.2, -0.15) is 11.8 Å². The van der Waals surface area contributed by atoms with Crippen LogP contribution in [0.3, 0.4) is 0 Å². The van der Waals surface area contributed by atoms with E-state index in [2.05, 4.69) is 39.9 Å². The fourth-order valence-corrected chi connectivity index (χ4v) is 2.80. The zero-order chi connectivity index (χ0) is 11.9. The summed E-state index contributed by atoms with van der Waals surface area (Å²) in [5.41, 5.74) is 0.311. The van der Waals surface area contributed by atoms with Crippen LogP contribution in [0.25, 0.3) is 0 Å². The summed E-state index contributed by atoms with van der Waals surface area (Å²) in [7, 11) is 0. The van der Waals surface area contributed by atoms with Crippen LogP contribution in [0.15, 0.2) is 0 Å². The monoisotopic (exact) mass is 233 g/mol. The van der Waals surface area contributed by atoms with E-state index in [0.29, 0.717) is 24.0 Å². The highest BCUT2D eigenvalue weighted by Crippen LogP contribution is 2.23. The van der Waals surface area contributed by atoms with Gasteiger partial charge in [0.05, 0.1) is 0 Å². The molecule has 2 unspecified atom stereocenters. The van der Waals surface area contributed by atoms with Gasteiger partial charge in [0.2, 0.25) is 0 Å². The van der Waals surface area contributed by atoms with Crippen molar-refractivity contribution < 1.29 is 5.11 Å². The van der Waals surface area contributed by atoms with Gasteiger partial charge >= 0.3 is 0 Å². The number of hydrogen-bond acceptors (Lipinski definition) is 3. The first-order valence-corrected chi connectivity index (χ1v) is 6.99. The fraction of sp³-hybridized carbons (Fsp3) is 1.00. The van der Waals surface area contributed by atoms with Crippen molar-refractivity contribution in [2.45, 2.75) is 40.7 Å². The summed E-state index contributed by atoms with van der Waals surface area (Å²) < 4.78 is 0. The molecule has 0 aliphatic heterocycles. The van der Waals surface area contributed by atoms with Crippen molar-refractivity contribution in [2.24, 2.45) is 11.3 Å². The molecule has 0 spiro atoms. The molecule has 3 heteroatoms. The number of aliphatic hydroxyl groups excluding tert-OH is 1. The second-order valence-corrected chi connectivity index (χ2v) is 6.38. The Morgan fingerprint density at radius 3 is 2.27 bits per heavy atom. The maximum Gasteiger partial charge on any atom is 0.0464 e. The molecule has 92 valence electrons. The summed E-state index contributed by atoms with van der Waals surface area (Å²) >= 11 is 1.94. The quantitative estimate of drug-likeness (QED) is 0.708. The number of nitrogens with one attached hydrogen (secondary N) is 1. The van der Waals surface area contributed by atoms with E-state index < -0.39 is 0 Å². The minimum atomic E-state index is 0.300. The number of thioether (sulfide) groups is 1. The Labute approximate surface area is 99.2 Å². The van der Waals surface area contributed by atoms with Crippen molar-refractivity contribution >= 4 is 11.8 Å². The van der Waals surface area contributed by atoms with Gasteiger partial charge in [0.15, 0.2) is 0 Å². The van der Waals surface area contributed by atoms with Crippen molar-refractivity contribution in [3.63, 3.8) is 0 Å². The molecule has 2 N–H and O–H groups in total. The number of hydrogen-bond donors (Lipinski definition) is 2. The fourth-order valence-electron chi connectivity index (χ4n) is 1.30. The third-order valence-corrected chi connectivity index (χ3v) is 3.87. The lowest BCUT2D eigenvalue weighted by Gasteiger charge is -2.31. The summed E-state index contributed by atoms with van der Waals surface area (Å²) in [6.07, 6.45) is 0. The van der Waals surface area contributed by atoms with Gasteiger partial charge in [-0.15, -0.1) is 0 Å². The Morgan fingerprint density at radius 2 is 1.87 bits per heavy atom. The van der Waals surface area contributed by atoms with Crippen LogP contribution in [0.2, 0.25) is 0 Å². The Morgan fingerprint density at radius 1 is 1.27 bits per heavy atom. The largest absolute Gasteiger partial charge is 0.396 e. The maximum atomic E-state index is 8.93. The van der Waals surface area contributed by atoms with E-state index in [4.69, 9.17) is 5.11 Å². The lowest BCUT2D eigenvalue weighted by atomic mass is 9.88. The summed E-state index contributed by atoms with van der Waals surface area (Å²) in [5, 5.41) is 12.5. The molecule has 15 heavy (non-hydrogen) atoms. The van der Waals surface area contributed by atoms with Crippen LogP contribution in [0.1, 0.15) is 34.6 Å². The molecule has 0 aromatic rings. The van der Waals surface area contributed by atoms with Gasteiger partial charge in [-0.25, -0.2) is 0 Å². The van der Waals surface area contributed by atoms with E-state index in [1.54, 1.807) is 0 Å². The molecular formula is C12H27NOS. The molecule has 0 radical (unpaired) electrons. The Hall–Kier alpha value is 0.270. The lowest BCUT2D eigenvalue weighted by molar-refractivity contribution is 0.250. The van der Waals surface area contributed by atoms with Crippen molar-refractivity contribution in [1.82, 2.24) is 5.32 Å². The summed E-state index contributed by atoms with van der Waals surface area (Å²) in [4.78, 5) is 0. The first-order chi connectivity index (χ1) is 6.91. The van der Waals surface area contributed by atoms with E-state index in [9.17, 15) is 0 Å². The first kappa shape index (κ1) is 15.3. The molecule has 2 nitrogen and oxygen atoms in total. The molecule has 0 aromatic carbocycles. The first-order valence-electron chi connectivity index (χ1n) is 5.83. The average molecular weight is 233 g/mol. The molecule has 0 amide bonds. The molecule has 0 aliphatic carbocycles. The third-order valence-electron chi connectivity index (χ3n) is 2.49. The minimum Gasteiger partial charge on any atom is -0.396 e. The van der Waals surface area contributed by atoms with Gasteiger partial charge in [-0.3, -0.25) is 0 Å². The zero-order valence-corrected chi connectivity index (χ0v) is 11.7. The van der Waals surface area contributed by atoms with Crippen LogP contribution in [-0.4, -0.2) is 35.8 Å². The summed E-state index contributed by atoms with van der Waals surface area (Å²) in [6, 6.07) is 0.554. The predicted molar refractivity (Wildman–Crippen MR) is 70.5 cm³/mol. The van der Waals surface area contributed by atoms with Crippen LogP contribution in [0, 0.1) is 11.3 Å². The zero-order valence-electron chi connectivity index (χ0n) is 10.8. The van der Waals surface area contributed by atoms with E-state index in [0.717, 1.165) is 18.1 Å². The van der Waals surface area contributed by atoms with Crippen LogP contribution in [-0.2, 0) is 0 Å². The second-order valence-electron chi connectivity index (χ2n) is 5.30. The molecular weight excluding hydrogens is 206 g/mol. The Balaban J connectivity index is 3.87. The standard InChI is InChI=1S/C12H27NOS/c1-6-13-11(12(3,4)5)9-15-8-10(2)7-14/h10-11,13-14H,6-9H2,1-5H3. The van der Waals surface area contributed by atoms with Crippen molar-refractivity contribution in [2.75, 3.05) is 24.7 Å². The predicted octanol–water partition coefficient (Wildman–Crippen LogP) is 2.37. The van der Waals surface area contributed by atoms with Crippen molar-refractivity contribution in [3.8, 4) is 0 Å². The minimum absolute atomic E-state index is 0.300. The van der Waals surface area contributed by atoms with Gasteiger partial charge < -0.3 is 10.4 Å². The van der Waals surface area contributed by atoms with Crippen molar-refractivity contribution in [1.29, 1.82) is 0 Å². The molecule has 0 fully saturated rings. The lowest BCUT2D eigenvalue weighted by Crippen LogP contribution is -2.42. The van der Waals surface area contributed by atoms with Crippen LogP contribution in [0.4, 0.5) is 0 Å².